The Hall–Kier alpha value is -3.60. The Morgan fingerprint density at radius 2 is 1.25 bits per heavy atom. The van der Waals surface area contributed by atoms with Crippen LogP contribution in [-0.4, -0.2) is 72.6 Å². The summed E-state index contributed by atoms with van der Waals surface area (Å²) in [4.78, 5) is 37.7. The van der Waals surface area contributed by atoms with E-state index in [0.29, 0.717) is 18.7 Å². The number of hydrogen-bond donors (Lipinski definition) is 1. The number of methoxy groups -OCH3 is 2. The van der Waals surface area contributed by atoms with Crippen LogP contribution in [-0.2, 0) is 14.4 Å². The molecule has 8 nitrogen and oxygen atoms in total. The molecule has 2 fully saturated rings. The summed E-state index contributed by atoms with van der Waals surface area (Å²) < 4.78 is 47.9. The summed E-state index contributed by atoms with van der Waals surface area (Å²) in [6, 6.07) is 14.3. The topological polar surface area (TPSA) is 96.4 Å². The monoisotopic (exact) mass is 564 g/mol. The predicted octanol–water partition coefficient (Wildman–Crippen LogP) is 4.33. The third-order valence-corrected chi connectivity index (χ3v) is 7.48. The van der Waals surface area contributed by atoms with Gasteiger partial charge in [-0.3, -0.25) is 9.59 Å². The molecule has 0 unspecified atom stereocenters. The molecule has 218 valence electrons. The van der Waals surface area contributed by atoms with Gasteiger partial charge in [-0.05, 0) is 49.2 Å². The van der Waals surface area contributed by atoms with Crippen LogP contribution in [0.4, 0.5) is 13.2 Å². The lowest BCUT2D eigenvalue weighted by molar-refractivity contribution is -0.218. The largest absolute Gasteiger partial charge is 0.497 e. The molecule has 0 radical (unpaired) electrons. The van der Waals surface area contributed by atoms with Crippen molar-refractivity contribution >= 4 is 18.1 Å². The number of halogens is 3. The molecule has 2 aromatic carbocycles. The number of aliphatic hydroxyl groups excluding tert-OH is 1. The highest BCUT2D eigenvalue weighted by Crippen LogP contribution is 2.35. The van der Waals surface area contributed by atoms with Crippen molar-refractivity contribution in [2.45, 2.75) is 51.1 Å². The number of alkyl halides is 3. The van der Waals surface area contributed by atoms with E-state index in [9.17, 15) is 32.7 Å². The Morgan fingerprint density at radius 3 is 1.62 bits per heavy atom. The predicted molar refractivity (Wildman–Crippen MR) is 141 cm³/mol. The van der Waals surface area contributed by atoms with Crippen molar-refractivity contribution in [2.24, 2.45) is 11.8 Å². The highest BCUT2D eigenvalue weighted by Gasteiger charge is 2.48. The molecule has 2 amide bonds. The van der Waals surface area contributed by atoms with Gasteiger partial charge < -0.3 is 29.2 Å². The molecule has 0 aromatic heterocycles. The van der Waals surface area contributed by atoms with Gasteiger partial charge in [-0.15, -0.1) is 0 Å². The van der Waals surface area contributed by atoms with Gasteiger partial charge >= 0.3 is 6.18 Å². The number of carbonyl (C=O) groups is 3. The number of carbonyl (C=O) groups excluding carboxylic acids is 3. The molecular weight excluding hydrogens is 529 g/mol. The van der Waals surface area contributed by atoms with Gasteiger partial charge in [0, 0.05) is 37.8 Å². The number of nitrogens with zero attached hydrogens (tertiary/aromatic N) is 2. The third kappa shape index (κ3) is 7.32. The molecule has 2 aromatic rings. The molecule has 2 aliphatic rings. The number of rotatable bonds is 8. The van der Waals surface area contributed by atoms with Crippen LogP contribution in [0.2, 0.25) is 0 Å². The second-order valence-corrected chi connectivity index (χ2v) is 10.0. The van der Waals surface area contributed by atoms with Gasteiger partial charge in [-0.2, -0.15) is 13.2 Å². The van der Waals surface area contributed by atoms with E-state index in [0.717, 1.165) is 23.2 Å². The summed E-state index contributed by atoms with van der Waals surface area (Å²) in [5, 5.41) is 9.32. The zero-order chi connectivity index (χ0) is 29.6. The number of ether oxygens (including phenoxy) is 2. The Bertz CT molecular complexity index is 1160. The molecule has 11 heteroatoms. The van der Waals surface area contributed by atoms with E-state index in [1.54, 1.807) is 43.2 Å². The van der Waals surface area contributed by atoms with E-state index in [1.165, 1.54) is 12.0 Å². The Morgan fingerprint density at radius 1 is 0.825 bits per heavy atom. The maximum absolute atomic E-state index is 12.6. The van der Waals surface area contributed by atoms with E-state index in [-0.39, 0.29) is 42.8 Å². The first-order chi connectivity index (χ1) is 18.9. The molecule has 40 heavy (non-hydrogen) atoms. The Kier molecular flexibility index (Phi) is 10.2. The molecule has 0 aliphatic carbocycles. The zero-order valence-electron chi connectivity index (χ0n) is 22.9. The molecule has 0 saturated carbocycles. The second-order valence-electron chi connectivity index (χ2n) is 10.0. The van der Waals surface area contributed by atoms with E-state index in [2.05, 4.69) is 0 Å². The molecule has 1 N–H and O–H groups in total. The molecule has 2 saturated heterocycles. The lowest BCUT2D eigenvalue weighted by Gasteiger charge is -2.26. The molecule has 0 spiro atoms. The van der Waals surface area contributed by atoms with Crippen LogP contribution in [0.25, 0.3) is 0 Å². The Balaban J connectivity index is 0.000000225. The smallest absolute Gasteiger partial charge is 0.414 e. The fraction of sp³-hybridized carbons (Fsp3) is 0.483. The molecular formula is C29H35F3N2O6. The van der Waals surface area contributed by atoms with Gasteiger partial charge in [0.25, 0.3) is 0 Å². The maximum atomic E-state index is 12.6. The van der Waals surface area contributed by atoms with Crippen molar-refractivity contribution in [2.75, 3.05) is 27.3 Å². The number of amides is 2. The zero-order valence-corrected chi connectivity index (χ0v) is 22.9. The summed E-state index contributed by atoms with van der Waals surface area (Å²) in [6.07, 6.45) is -6.25. The van der Waals surface area contributed by atoms with Crippen LogP contribution in [0.5, 0.6) is 11.5 Å². The van der Waals surface area contributed by atoms with Crippen LogP contribution >= 0.6 is 0 Å². The Labute approximate surface area is 231 Å². The first-order valence-electron chi connectivity index (χ1n) is 13.0. The number of benzene rings is 2. The van der Waals surface area contributed by atoms with Gasteiger partial charge in [0.1, 0.15) is 17.8 Å². The average Bonchev–Trinajstić information content (AvgIpc) is 3.53. The van der Waals surface area contributed by atoms with Crippen molar-refractivity contribution in [3.05, 3.63) is 59.7 Å². The fourth-order valence-corrected chi connectivity index (χ4v) is 4.96. The minimum absolute atomic E-state index is 0.00615. The summed E-state index contributed by atoms with van der Waals surface area (Å²) in [7, 11) is 3.16. The number of hydrogen-bond acceptors (Lipinski definition) is 6. The van der Waals surface area contributed by atoms with Crippen molar-refractivity contribution in [3.63, 3.8) is 0 Å². The van der Waals surface area contributed by atoms with E-state index >= 15 is 0 Å². The van der Waals surface area contributed by atoms with Crippen molar-refractivity contribution < 1.29 is 42.1 Å². The van der Waals surface area contributed by atoms with E-state index in [1.807, 2.05) is 31.2 Å². The summed E-state index contributed by atoms with van der Waals surface area (Å²) in [6.45, 7) is 4.15. The first-order valence-corrected chi connectivity index (χ1v) is 13.0. The summed E-state index contributed by atoms with van der Waals surface area (Å²) in [5.41, 5.74) is 1.85. The van der Waals surface area contributed by atoms with Crippen molar-refractivity contribution in [3.8, 4) is 11.5 Å². The molecule has 0 bridgehead atoms. The van der Waals surface area contributed by atoms with Crippen LogP contribution < -0.4 is 9.47 Å². The number of aldehydes is 1. The van der Waals surface area contributed by atoms with Gasteiger partial charge in [0.15, 0.2) is 6.10 Å². The molecule has 4 rings (SSSR count). The third-order valence-electron chi connectivity index (χ3n) is 7.48. The maximum Gasteiger partial charge on any atom is 0.414 e. The van der Waals surface area contributed by atoms with Crippen molar-refractivity contribution in [1.82, 2.24) is 9.80 Å². The number of aliphatic hydroxyl groups is 1. The standard InChI is InChI=1S/C15H18F3NO3.C14H17NO3/c1-9(10-3-5-12(22-2)6-4-10)19-8-11(7-13(19)20)14(21)15(16,17)18;1-10(12-3-5-13(18-2)6-4-12)15-8-11(9-16)7-14(15)17/h3-6,9,11,14,21H,7-8H2,1-2H3;3-6,9-11H,7-8H2,1-2H3/t9-,11-,14+;10-,11-/m11/s1. The quantitative estimate of drug-likeness (QED) is 0.480. The van der Waals surface area contributed by atoms with Gasteiger partial charge in [-0.1, -0.05) is 24.3 Å². The van der Waals surface area contributed by atoms with Crippen LogP contribution in [0.15, 0.2) is 48.5 Å². The van der Waals surface area contributed by atoms with Crippen molar-refractivity contribution in [1.29, 1.82) is 0 Å². The van der Waals surface area contributed by atoms with E-state index in [4.69, 9.17) is 9.47 Å². The normalized spacial score (nSPS) is 21.4. The molecule has 2 heterocycles. The molecule has 2 aliphatic heterocycles. The van der Waals surface area contributed by atoms with Gasteiger partial charge in [0.05, 0.1) is 26.3 Å². The lowest BCUT2D eigenvalue weighted by atomic mass is 10.0. The minimum atomic E-state index is -4.70. The van der Waals surface area contributed by atoms with Crippen LogP contribution in [0.1, 0.15) is 49.9 Å². The first kappa shape index (κ1) is 30.9. The minimum Gasteiger partial charge on any atom is -0.497 e. The van der Waals surface area contributed by atoms with E-state index < -0.39 is 18.2 Å². The highest BCUT2D eigenvalue weighted by atomic mass is 19.4. The van der Waals surface area contributed by atoms with Gasteiger partial charge in [0.2, 0.25) is 11.8 Å². The second kappa shape index (κ2) is 13.2. The summed E-state index contributed by atoms with van der Waals surface area (Å²) in [5.74, 6) is -0.142. The SMILES string of the molecule is COc1ccc([C@@H](C)N2C[C@H](C=O)CC2=O)cc1.COc1ccc([C@@H](C)N2C[C@H]([C@H](O)C(F)(F)F)CC2=O)cc1. The van der Waals surface area contributed by atoms with Crippen LogP contribution in [0.3, 0.4) is 0 Å². The summed E-state index contributed by atoms with van der Waals surface area (Å²) >= 11 is 0. The average molecular weight is 565 g/mol. The lowest BCUT2D eigenvalue weighted by Crippen LogP contribution is -2.37. The number of likely N-dealkylation sites (tertiary alicyclic amines) is 2. The van der Waals surface area contributed by atoms with Crippen LogP contribution in [0, 0.1) is 11.8 Å². The molecule has 5 atom stereocenters. The highest BCUT2D eigenvalue weighted by molar-refractivity contribution is 5.83. The van der Waals surface area contributed by atoms with Gasteiger partial charge in [-0.25, -0.2) is 0 Å². The fourth-order valence-electron chi connectivity index (χ4n) is 4.96.